The lowest BCUT2D eigenvalue weighted by atomic mass is 9.69. The van der Waals surface area contributed by atoms with Gasteiger partial charge in [-0.2, -0.15) is 5.10 Å². The molecule has 0 saturated carbocycles. The predicted octanol–water partition coefficient (Wildman–Crippen LogP) is 2.26. The molecule has 10 heteroatoms. The largest absolute Gasteiger partial charge is 0.483 e. The Morgan fingerprint density at radius 3 is 2.81 bits per heavy atom. The highest BCUT2D eigenvalue weighted by Gasteiger charge is 2.60. The molecule has 4 heterocycles. The van der Waals surface area contributed by atoms with Gasteiger partial charge < -0.3 is 19.8 Å². The van der Waals surface area contributed by atoms with Gasteiger partial charge in [0.25, 0.3) is 12.4 Å². The maximum atomic E-state index is 13.4. The monoisotopic (exact) mass is 445 g/mol. The molecule has 2 amide bonds. The highest BCUT2D eigenvalue weighted by Crippen LogP contribution is 2.53. The number of aromatic nitrogens is 3. The molecule has 0 unspecified atom stereocenters. The molecular weight excluding hydrogens is 414 g/mol. The van der Waals surface area contributed by atoms with E-state index in [1.807, 2.05) is 11.0 Å². The molecule has 32 heavy (non-hydrogen) atoms. The third-order valence-electron chi connectivity index (χ3n) is 6.49. The minimum Gasteiger partial charge on any atom is -0.483 e. The second-order valence-corrected chi connectivity index (χ2v) is 8.83. The molecule has 2 aliphatic rings. The van der Waals surface area contributed by atoms with Crippen molar-refractivity contribution in [3.8, 4) is 0 Å². The number of H-pyrrole nitrogens is 1. The topological polar surface area (TPSA) is 141 Å². The molecule has 0 aromatic carbocycles. The fourth-order valence-electron chi connectivity index (χ4n) is 5.03. The maximum absolute atomic E-state index is 13.4. The van der Waals surface area contributed by atoms with Crippen LogP contribution in [-0.4, -0.2) is 62.3 Å². The number of carboxylic acid groups (broad SMARTS) is 1. The molecule has 2 aromatic heterocycles. The van der Waals surface area contributed by atoms with E-state index in [9.17, 15) is 9.59 Å². The van der Waals surface area contributed by atoms with Crippen molar-refractivity contribution in [1.82, 2.24) is 25.6 Å². The number of nitrogens with one attached hydrogen (secondary N) is 2. The quantitative estimate of drug-likeness (QED) is 0.529. The van der Waals surface area contributed by atoms with Gasteiger partial charge in [0.2, 0.25) is 5.91 Å². The van der Waals surface area contributed by atoms with E-state index in [2.05, 4.69) is 34.5 Å². The second kappa shape index (κ2) is 10.4. The molecule has 174 valence electrons. The van der Waals surface area contributed by atoms with Crippen LogP contribution in [0.5, 0.6) is 0 Å². The minimum atomic E-state index is -0.527. The predicted molar refractivity (Wildman–Crippen MR) is 115 cm³/mol. The summed E-state index contributed by atoms with van der Waals surface area (Å²) in [6, 6.07) is 3.52. The lowest BCUT2D eigenvalue weighted by Gasteiger charge is -2.36. The standard InChI is InChI=1S/C21H29N5O3.CH2O2/c1-14(2)5-9-21(20(28)22-10-6-15-7-11-23-24-15)13-16-3-4-18(21)26(16)19(27)17-8-12-29-25-17;2-1-3/h7-8,11-12,14,16,18H,3-6,9-10,13H2,1-2H3,(H,22,28)(H,23,24);1H,(H,2,3)/t16-,18+,21+;/m1./s1. The van der Waals surface area contributed by atoms with Crippen molar-refractivity contribution in [2.45, 2.75) is 64.5 Å². The van der Waals surface area contributed by atoms with E-state index in [-0.39, 0.29) is 30.4 Å². The van der Waals surface area contributed by atoms with Crippen LogP contribution in [0, 0.1) is 11.3 Å². The SMILES string of the molecule is CC(C)CC[C@]1(C(=O)NCCc2ccn[nH]2)C[C@H]2CC[C@@H]1N2C(=O)c1ccon1.O=CO. The molecular formula is C22H31N5O5. The molecule has 0 aliphatic carbocycles. The first kappa shape index (κ1) is 23.5. The highest BCUT2D eigenvalue weighted by atomic mass is 16.5. The summed E-state index contributed by atoms with van der Waals surface area (Å²) in [4.78, 5) is 36.8. The van der Waals surface area contributed by atoms with E-state index in [1.165, 1.54) is 6.26 Å². The molecule has 3 atom stereocenters. The Morgan fingerprint density at radius 2 is 2.19 bits per heavy atom. The van der Waals surface area contributed by atoms with Crippen LogP contribution in [0.4, 0.5) is 0 Å². The fourth-order valence-corrected chi connectivity index (χ4v) is 5.03. The summed E-state index contributed by atoms with van der Waals surface area (Å²) in [6.07, 6.45) is 8.13. The van der Waals surface area contributed by atoms with Crippen molar-refractivity contribution < 1.29 is 24.0 Å². The zero-order chi connectivity index (χ0) is 23.1. The number of carbonyl (C=O) groups is 3. The molecule has 2 bridgehead atoms. The van der Waals surface area contributed by atoms with E-state index in [4.69, 9.17) is 14.4 Å². The molecule has 2 saturated heterocycles. The zero-order valence-electron chi connectivity index (χ0n) is 18.5. The number of amides is 2. The molecule has 3 N–H and O–H groups in total. The number of hydrogen-bond acceptors (Lipinski definition) is 6. The van der Waals surface area contributed by atoms with Gasteiger partial charge in [-0.3, -0.25) is 19.5 Å². The smallest absolute Gasteiger partial charge is 0.290 e. The van der Waals surface area contributed by atoms with Crippen LogP contribution in [0.3, 0.4) is 0 Å². The zero-order valence-corrected chi connectivity index (χ0v) is 18.5. The van der Waals surface area contributed by atoms with Crippen molar-refractivity contribution in [3.63, 3.8) is 0 Å². The van der Waals surface area contributed by atoms with Crippen molar-refractivity contribution >= 4 is 18.3 Å². The Balaban J connectivity index is 0.000000913. The van der Waals surface area contributed by atoms with Crippen molar-refractivity contribution in [3.05, 3.63) is 36.0 Å². The number of aromatic amines is 1. The number of carbonyl (C=O) groups excluding carboxylic acids is 2. The van der Waals surface area contributed by atoms with Gasteiger partial charge in [0.1, 0.15) is 6.26 Å². The van der Waals surface area contributed by atoms with Crippen molar-refractivity contribution in [1.29, 1.82) is 0 Å². The van der Waals surface area contributed by atoms with Crippen LogP contribution in [0.2, 0.25) is 0 Å². The van der Waals surface area contributed by atoms with Crippen LogP contribution in [0.25, 0.3) is 0 Å². The van der Waals surface area contributed by atoms with Crippen molar-refractivity contribution in [2.24, 2.45) is 11.3 Å². The summed E-state index contributed by atoms with van der Waals surface area (Å²) in [7, 11) is 0. The lowest BCUT2D eigenvalue weighted by molar-refractivity contribution is -0.133. The average Bonchev–Trinajstić information content (AvgIpc) is 3.57. The molecule has 4 rings (SSSR count). The van der Waals surface area contributed by atoms with Crippen LogP contribution in [0.1, 0.15) is 62.1 Å². The Bertz CT molecular complexity index is 883. The van der Waals surface area contributed by atoms with Gasteiger partial charge in [-0.25, -0.2) is 0 Å². The number of hydrogen-bond donors (Lipinski definition) is 3. The summed E-state index contributed by atoms with van der Waals surface area (Å²) in [5.41, 5.74) is 0.791. The van der Waals surface area contributed by atoms with Crippen molar-refractivity contribution in [2.75, 3.05) is 6.54 Å². The van der Waals surface area contributed by atoms with E-state index in [1.54, 1.807) is 12.3 Å². The van der Waals surface area contributed by atoms with E-state index >= 15 is 0 Å². The molecule has 10 nitrogen and oxygen atoms in total. The summed E-state index contributed by atoms with van der Waals surface area (Å²) in [5, 5.41) is 20.7. The summed E-state index contributed by atoms with van der Waals surface area (Å²) in [6.45, 7) is 4.66. The molecule has 2 aromatic rings. The average molecular weight is 446 g/mol. The first-order valence-corrected chi connectivity index (χ1v) is 11.0. The van der Waals surface area contributed by atoms with E-state index < -0.39 is 5.41 Å². The summed E-state index contributed by atoms with van der Waals surface area (Å²) < 4.78 is 4.87. The molecule has 0 radical (unpaired) electrons. The van der Waals surface area contributed by atoms with Gasteiger partial charge in [-0.1, -0.05) is 19.0 Å². The third-order valence-corrected chi connectivity index (χ3v) is 6.49. The number of rotatable bonds is 8. The van der Waals surface area contributed by atoms with Gasteiger partial charge in [-0.05, 0) is 44.1 Å². The number of fused-ring (bicyclic) bond motifs is 2. The van der Waals surface area contributed by atoms with Gasteiger partial charge in [0.15, 0.2) is 5.69 Å². The van der Waals surface area contributed by atoms with Crippen LogP contribution in [-0.2, 0) is 16.0 Å². The second-order valence-electron chi connectivity index (χ2n) is 8.83. The first-order chi connectivity index (χ1) is 15.4. The lowest BCUT2D eigenvalue weighted by Crippen LogP contribution is -2.50. The molecule has 2 aliphatic heterocycles. The third kappa shape index (κ3) is 4.84. The Morgan fingerprint density at radius 1 is 1.41 bits per heavy atom. The minimum absolute atomic E-state index is 0.0721. The van der Waals surface area contributed by atoms with Crippen LogP contribution < -0.4 is 5.32 Å². The molecule has 2 fully saturated rings. The van der Waals surface area contributed by atoms with E-state index in [0.29, 0.717) is 24.6 Å². The Kier molecular flexibility index (Phi) is 7.66. The fraction of sp³-hybridized carbons (Fsp3) is 0.591. The Hall–Kier alpha value is -3.17. The summed E-state index contributed by atoms with van der Waals surface area (Å²) >= 11 is 0. The maximum Gasteiger partial charge on any atom is 0.290 e. The van der Waals surface area contributed by atoms with Crippen LogP contribution >= 0.6 is 0 Å². The normalized spacial score (nSPS) is 23.7. The number of nitrogens with zero attached hydrogens (tertiary/aromatic N) is 3. The van der Waals surface area contributed by atoms with Gasteiger partial charge in [0, 0.05) is 43.0 Å². The van der Waals surface area contributed by atoms with Gasteiger partial charge in [-0.15, -0.1) is 0 Å². The highest BCUT2D eigenvalue weighted by molar-refractivity contribution is 5.94. The Labute approximate surface area is 186 Å². The summed E-state index contributed by atoms with van der Waals surface area (Å²) in [5.74, 6) is 0.453. The first-order valence-electron chi connectivity index (χ1n) is 11.0. The van der Waals surface area contributed by atoms with Gasteiger partial charge in [0.05, 0.1) is 5.41 Å². The van der Waals surface area contributed by atoms with Crippen LogP contribution in [0.15, 0.2) is 29.1 Å². The molecule has 0 spiro atoms. The van der Waals surface area contributed by atoms with E-state index in [0.717, 1.165) is 37.8 Å². The van der Waals surface area contributed by atoms with Gasteiger partial charge >= 0.3 is 0 Å².